The Labute approximate surface area is 141 Å². The van der Waals surface area contributed by atoms with E-state index < -0.39 is 0 Å². The van der Waals surface area contributed by atoms with Crippen LogP contribution in [0.15, 0.2) is 42.5 Å². The average Bonchev–Trinajstić information content (AvgIpc) is 2.92. The molecular weight excluding hydrogens is 304 g/mol. The Bertz CT molecular complexity index is 764. The minimum absolute atomic E-state index is 0.686. The van der Waals surface area contributed by atoms with E-state index in [1.54, 1.807) is 11.3 Å². The van der Waals surface area contributed by atoms with Crippen molar-refractivity contribution in [3.05, 3.63) is 58.6 Å². The molecule has 1 aromatic heterocycles. The summed E-state index contributed by atoms with van der Waals surface area (Å²) in [5.74, 6) is 0.985. The maximum absolute atomic E-state index is 5.93. The van der Waals surface area contributed by atoms with Crippen molar-refractivity contribution in [1.29, 1.82) is 0 Å². The number of hydrogen-bond acceptors (Lipinski definition) is 4. The summed E-state index contributed by atoms with van der Waals surface area (Å²) < 4.78 is 7.18. The largest absolute Gasteiger partial charge is 0.492 e. The summed E-state index contributed by atoms with van der Waals surface area (Å²) >= 11 is 1.77. The van der Waals surface area contributed by atoms with Gasteiger partial charge in [0, 0.05) is 6.54 Å². The molecule has 0 unspecified atom stereocenters. The molecule has 0 saturated carbocycles. The summed E-state index contributed by atoms with van der Waals surface area (Å²) in [7, 11) is 2.11. The number of thiazole rings is 1. The Morgan fingerprint density at radius 3 is 2.78 bits per heavy atom. The summed E-state index contributed by atoms with van der Waals surface area (Å²) in [6, 6.07) is 14.6. The Morgan fingerprint density at radius 1 is 1.13 bits per heavy atom. The first-order chi connectivity index (χ1) is 11.1. The first-order valence-electron chi connectivity index (χ1n) is 7.85. The van der Waals surface area contributed by atoms with E-state index in [9.17, 15) is 0 Å². The van der Waals surface area contributed by atoms with Crippen LogP contribution in [-0.2, 0) is 6.54 Å². The lowest BCUT2D eigenvalue weighted by Crippen LogP contribution is -2.23. The molecule has 0 spiro atoms. The van der Waals surface area contributed by atoms with E-state index in [0.29, 0.717) is 6.61 Å². The quantitative estimate of drug-likeness (QED) is 0.670. The lowest BCUT2D eigenvalue weighted by atomic mass is 10.1. The van der Waals surface area contributed by atoms with Crippen LogP contribution < -0.4 is 4.74 Å². The van der Waals surface area contributed by atoms with Gasteiger partial charge < -0.3 is 4.74 Å². The van der Waals surface area contributed by atoms with Crippen molar-refractivity contribution in [1.82, 2.24) is 9.88 Å². The second-order valence-corrected chi connectivity index (χ2v) is 7.05. The molecule has 3 rings (SSSR count). The topological polar surface area (TPSA) is 25.4 Å². The predicted octanol–water partition coefficient (Wildman–Crippen LogP) is 4.42. The summed E-state index contributed by atoms with van der Waals surface area (Å²) in [5.41, 5.74) is 3.50. The summed E-state index contributed by atoms with van der Waals surface area (Å²) in [4.78, 5) is 6.93. The number of likely N-dealkylation sites (N-methyl/N-ethyl adjacent to an activating group) is 1. The molecular formula is C19H22N2OS. The van der Waals surface area contributed by atoms with Crippen LogP contribution in [0.3, 0.4) is 0 Å². The van der Waals surface area contributed by atoms with E-state index in [-0.39, 0.29) is 0 Å². The second kappa shape index (κ2) is 7.11. The highest BCUT2D eigenvalue weighted by Crippen LogP contribution is 2.22. The number of aryl methyl sites for hydroxylation is 2. The number of hydrogen-bond donors (Lipinski definition) is 0. The fourth-order valence-corrected chi connectivity index (χ4v) is 3.52. The van der Waals surface area contributed by atoms with Gasteiger partial charge >= 0.3 is 0 Å². The molecule has 1 heterocycles. The van der Waals surface area contributed by atoms with Gasteiger partial charge in [0.25, 0.3) is 0 Å². The molecule has 0 saturated heterocycles. The predicted molar refractivity (Wildman–Crippen MR) is 97.4 cm³/mol. The second-order valence-electron chi connectivity index (χ2n) is 5.93. The van der Waals surface area contributed by atoms with Crippen LogP contribution in [-0.4, -0.2) is 30.1 Å². The van der Waals surface area contributed by atoms with Crippen molar-refractivity contribution < 1.29 is 4.74 Å². The molecule has 0 N–H and O–H groups in total. The number of rotatable bonds is 6. The number of para-hydroxylation sites is 1. The van der Waals surface area contributed by atoms with Gasteiger partial charge in [0.15, 0.2) is 0 Å². The van der Waals surface area contributed by atoms with Gasteiger partial charge in [-0.3, -0.25) is 4.90 Å². The van der Waals surface area contributed by atoms with Gasteiger partial charge in [0.1, 0.15) is 17.4 Å². The summed E-state index contributed by atoms with van der Waals surface area (Å²) in [6.45, 7) is 6.59. The average molecular weight is 326 g/mol. The van der Waals surface area contributed by atoms with Gasteiger partial charge in [0.05, 0.1) is 16.8 Å². The Morgan fingerprint density at radius 2 is 1.96 bits per heavy atom. The molecule has 120 valence electrons. The highest BCUT2D eigenvalue weighted by Gasteiger charge is 2.07. The highest BCUT2D eigenvalue weighted by molar-refractivity contribution is 7.18. The number of aromatic nitrogens is 1. The molecule has 0 bridgehead atoms. The van der Waals surface area contributed by atoms with Gasteiger partial charge in [-0.2, -0.15) is 0 Å². The maximum Gasteiger partial charge on any atom is 0.122 e. The number of fused-ring (bicyclic) bond motifs is 1. The van der Waals surface area contributed by atoms with Crippen LogP contribution in [0, 0.1) is 13.8 Å². The van der Waals surface area contributed by atoms with Crippen molar-refractivity contribution >= 4 is 21.6 Å². The lowest BCUT2D eigenvalue weighted by molar-refractivity contribution is 0.232. The van der Waals surface area contributed by atoms with Gasteiger partial charge in [0.2, 0.25) is 0 Å². The molecule has 3 aromatic rings. The molecule has 0 fully saturated rings. The zero-order valence-corrected chi connectivity index (χ0v) is 14.7. The molecule has 0 aliphatic rings. The van der Waals surface area contributed by atoms with Crippen LogP contribution in [0.25, 0.3) is 10.2 Å². The molecule has 4 heteroatoms. The van der Waals surface area contributed by atoms with Crippen LogP contribution in [0.2, 0.25) is 0 Å². The van der Waals surface area contributed by atoms with E-state index in [1.807, 2.05) is 6.07 Å². The Kier molecular flexibility index (Phi) is 4.94. The first kappa shape index (κ1) is 16.0. The summed E-state index contributed by atoms with van der Waals surface area (Å²) in [5, 5.41) is 1.15. The normalized spacial score (nSPS) is 11.3. The molecule has 0 aliphatic heterocycles. The zero-order valence-electron chi connectivity index (χ0n) is 13.9. The minimum atomic E-state index is 0.686. The minimum Gasteiger partial charge on any atom is -0.492 e. The van der Waals surface area contributed by atoms with Gasteiger partial charge in [-0.05, 0) is 50.2 Å². The highest BCUT2D eigenvalue weighted by atomic mass is 32.1. The Hall–Kier alpha value is -1.91. The van der Waals surface area contributed by atoms with Gasteiger partial charge in [-0.15, -0.1) is 11.3 Å². The number of ether oxygens (including phenoxy) is 1. The number of benzene rings is 2. The van der Waals surface area contributed by atoms with Crippen LogP contribution in [0.4, 0.5) is 0 Å². The Balaban J connectivity index is 1.53. The van der Waals surface area contributed by atoms with E-state index in [1.165, 1.54) is 15.8 Å². The molecule has 2 aromatic carbocycles. The van der Waals surface area contributed by atoms with E-state index >= 15 is 0 Å². The van der Waals surface area contributed by atoms with Crippen molar-refractivity contribution in [2.24, 2.45) is 0 Å². The monoisotopic (exact) mass is 326 g/mol. The van der Waals surface area contributed by atoms with Crippen LogP contribution >= 0.6 is 11.3 Å². The third-order valence-electron chi connectivity index (χ3n) is 3.82. The third-order valence-corrected chi connectivity index (χ3v) is 4.84. The smallest absolute Gasteiger partial charge is 0.122 e. The molecule has 0 amide bonds. The summed E-state index contributed by atoms with van der Waals surface area (Å²) in [6.07, 6.45) is 0. The van der Waals surface area contributed by atoms with Crippen molar-refractivity contribution in [3.63, 3.8) is 0 Å². The van der Waals surface area contributed by atoms with Gasteiger partial charge in [-0.25, -0.2) is 4.98 Å². The van der Waals surface area contributed by atoms with Crippen molar-refractivity contribution in [2.45, 2.75) is 20.4 Å². The van der Waals surface area contributed by atoms with Crippen molar-refractivity contribution in [2.75, 3.05) is 20.2 Å². The van der Waals surface area contributed by atoms with E-state index in [0.717, 1.165) is 29.4 Å². The molecule has 0 aliphatic carbocycles. The number of nitrogens with zero attached hydrogens (tertiary/aromatic N) is 2. The lowest BCUT2D eigenvalue weighted by Gasteiger charge is -2.16. The molecule has 23 heavy (non-hydrogen) atoms. The standard InChI is InChI=1S/C19H22N2OS/c1-14-8-9-15(2)17(12-14)22-11-10-21(3)13-19-20-16-6-4-5-7-18(16)23-19/h4-9,12H,10-11,13H2,1-3H3. The van der Waals surface area contributed by atoms with Crippen LogP contribution in [0.1, 0.15) is 16.1 Å². The first-order valence-corrected chi connectivity index (χ1v) is 8.66. The molecule has 0 atom stereocenters. The maximum atomic E-state index is 5.93. The molecule has 3 nitrogen and oxygen atoms in total. The zero-order chi connectivity index (χ0) is 16.2. The van der Waals surface area contributed by atoms with Crippen LogP contribution in [0.5, 0.6) is 5.75 Å². The van der Waals surface area contributed by atoms with Crippen molar-refractivity contribution in [3.8, 4) is 5.75 Å². The van der Waals surface area contributed by atoms with E-state index in [4.69, 9.17) is 4.74 Å². The fourth-order valence-electron chi connectivity index (χ4n) is 2.47. The molecule has 0 radical (unpaired) electrons. The van der Waals surface area contributed by atoms with Gasteiger partial charge in [-0.1, -0.05) is 24.3 Å². The third kappa shape index (κ3) is 4.09. The van der Waals surface area contributed by atoms with E-state index in [2.05, 4.69) is 67.2 Å². The SMILES string of the molecule is Cc1ccc(C)c(OCCN(C)Cc2nc3ccccc3s2)c1. The fraction of sp³-hybridized carbons (Fsp3) is 0.316.